The van der Waals surface area contributed by atoms with Crippen LogP contribution in [0.2, 0.25) is 0 Å². The number of carbonyl (C=O) groups is 1. The zero-order chi connectivity index (χ0) is 15.6. The summed E-state index contributed by atoms with van der Waals surface area (Å²) in [7, 11) is 0. The topological polar surface area (TPSA) is 40.9 Å². The summed E-state index contributed by atoms with van der Waals surface area (Å²) in [6.45, 7) is 5.67. The van der Waals surface area contributed by atoms with E-state index in [1.54, 1.807) is 6.07 Å². The van der Waals surface area contributed by atoms with E-state index in [4.69, 9.17) is 0 Å². The molecule has 0 aliphatic heterocycles. The van der Waals surface area contributed by atoms with Gasteiger partial charge in [-0.05, 0) is 49.6 Å². The van der Waals surface area contributed by atoms with Crippen molar-refractivity contribution in [1.29, 1.82) is 5.26 Å². The van der Waals surface area contributed by atoms with Crippen LogP contribution < -0.4 is 0 Å². The molecular formula is C18H16FNO. The van der Waals surface area contributed by atoms with Gasteiger partial charge in [-0.2, -0.15) is 5.26 Å². The molecule has 0 N–H and O–H groups in total. The molecule has 2 nitrogen and oxygen atoms in total. The minimum Gasteiger partial charge on any atom is -0.292 e. The van der Waals surface area contributed by atoms with Gasteiger partial charge in [0, 0.05) is 5.56 Å². The van der Waals surface area contributed by atoms with Crippen molar-refractivity contribution in [1.82, 2.24) is 0 Å². The van der Waals surface area contributed by atoms with Crippen LogP contribution in [0.3, 0.4) is 0 Å². The molecule has 106 valence electrons. The Bertz CT molecular complexity index is 720. The van der Waals surface area contributed by atoms with Crippen molar-refractivity contribution in [2.75, 3.05) is 0 Å². The van der Waals surface area contributed by atoms with Crippen LogP contribution in [0.1, 0.15) is 38.5 Å². The number of rotatable bonds is 3. The standard InChI is InChI=1S/C18H16FNO/c1-11-7-12(2)17(13(3)8-11)18(21)16(10-20)14-5-4-6-15(19)9-14/h4-9,16H,1-3H3. The number of nitriles is 1. The van der Waals surface area contributed by atoms with Crippen LogP contribution in [0, 0.1) is 37.9 Å². The zero-order valence-corrected chi connectivity index (χ0v) is 12.3. The fourth-order valence-electron chi connectivity index (χ4n) is 2.68. The van der Waals surface area contributed by atoms with Crippen LogP contribution in [-0.2, 0) is 0 Å². The fourth-order valence-corrected chi connectivity index (χ4v) is 2.68. The van der Waals surface area contributed by atoms with Gasteiger partial charge in [0.1, 0.15) is 11.7 Å². The number of hydrogen-bond donors (Lipinski definition) is 0. The highest BCUT2D eigenvalue weighted by atomic mass is 19.1. The molecule has 0 saturated carbocycles. The molecule has 0 amide bonds. The third-order valence-corrected chi connectivity index (χ3v) is 3.50. The lowest BCUT2D eigenvalue weighted by Gasteiger charge is -2.14. The Morgan fingerprint density at radius 1 is 1.14 bits per heavy atom. The number of benzene rings is 2. The van der Waals surface area contributed by atoms with Crippen LogP contribution in [0.25, 0.3) is 0 Å². The summed E-state index contributed by atoms with van der Waals surface area (Å²) in [5.41, 5.74) is 3.70. The highest BCUT2D eigenvalue weighted by Crippen LogP contribution is 2.26. The van der Waals surface area contributed by atoms with Gasteiger partial charge in [-0.3, -0.25) is 4.79 Å². The highest BCUT2D eigenvalue weighted by molar-refractivity contribution is 6.05. The Kier molecular flexibility index (Phi) is 4.18. The molecule has 2 aromatic rings. The van der Waals surface area contributed by atoms with Gasteiger partial charge in [0.05, 0.1) is 6.07 Å². The quantitative estimate of drug-likeness (QED) is 0.789. The summed E-state index contributed by atoms with van der Waals surface area (Å²) >= 11 is 0. The molecule has 21 heavy (non-hydrogen) atoms. The molecular weight excluding hydrogens is 265 g/mol. The fraction of sp³-hybridized carbons (Fsp3) is 0.222. The number of ketones is 1. The lowest BCUT2D eigenvalue weighted by molar-refractivity contribution is 0.0977. The molecule has 0 saturated heterocycles. The van der Waals surface area contributed by atoms with E-state index in [2.05, 4.69) is 0 Å². The summed E-state index contributed by atoms with van der Waals surface area (Å²) < 4.78 is 13.3. The van der Waals surface area contributed by atoms with E-state index in [0.29, 0.717) is 11.1 Å². The third-order valence-electron chi connectivity index (χ3n) is 3.50. The smallest absolute Gasteiger partial charge is 0.184 e. The molecule has 1 atom stereocenters. The number of Topliss-reactive ketones (excluding diaryl/α,β-unsaturated/α-hetero) is 1. The zero-order valence-electron chi connectivity index (χ0n) is 12.3. The van der Waals surface area contributed by atoms with Crippen molar-refractivity contribution in [2.45, 2.75) is 26.7 Å². The van der Waals surface area contributed by atoms with Crippen molar-refractivity contribution in [2.24, 2.45) is 0 Å². The molecule has 2 aromatic carbocycles. The van der Waals surface area contributed by atoms with Gasteiger partial charge in [0.25, 0.3) is 0 Å². The van der Waals surface area contributed by atoms with Crippen molar-refractivity contribution in [3.05, 3.63) is 70.0 Å². The first-order valence-corrected chi connectivity index (χ1v) is 6.71. The molecule has 0 spiro atoms. The van der Waals surface area contributed by atoms with E-state index in [1.807, 2.05) is 39.0 Å². The summed E-state index contributed by atoms with van der Waals surface area (Å²) in [5, 5.41) is 9.35. The molecule has 0 fully saturated rings. The second kappa shape index (κ2) is 5.88. The van der Waals surface area contributed by atoms with E-state index in [1.165, 1.54) is 18.2 Å². The maximum Gasteiger partial charge on any atom is 0.184 e. The molecule has 0 bridgehead atoms. The first-order chi connectivity index (χ1) is 9.93. The summed E-state index contributed by atoms with van der Waals surface area (Å²) in [4.78, 5) is 12.7. The first-order valence-electron chi connectivity index (χ1n) is 6.71. The molecule has 1 unspecified atom stereocenters. The normalized spacial score (nSPS) is 11.8. The molecule has 0 aliphatic rings. The van der Waals surface area contributed by atoms with Gasteiger partial charge in [0.15, 0.2) is 5.78 Å². The second-order valence-electron chi connectivity index (χ2n) is 5.26. The summed E-state index contributed by atoms with van der Waals surface area (Å²) in [5.74, 6) is -1.71. The molecule has 2 rings (SSSR count). The Labute approximate surface area is 123 Å². The monoisotopic (exact) mass is 281 g/mol. The third kappa shape index (κ3) is 3.00. The van der Waals surface area contributed by atoms with Crippen LogP contribution in [0.5, 0.6) is 0 Å². The van der Waals surface area contributed by atoms with Crippen molar-refractivity contribution in [3.8, 4) is 6.07 Å². The highest BCUT2D eigenvalue weighted by Gasteiger charge is 2.25. The van der Waals surface area contributed by atoms with Gasteiger partial charge in [-0.1, -0.05) is 29.8 Å². The van der Waals surface area contributed by atoms with E-state index in [9.17, 15) is 14.4 Å². The molecule has 0 aliphatic carbocycles. The minimum absolute atomic E-state index is 0.280. The van der Waals surface area contributed by atoms with Gasteiger partial charge in [-0.25, -0.2) is 4.39 Å². The Morgan fingerprint density at radius 3 is 2.29 bits per heavy atom. The van der Waals surface area contributed by atoms with E-state index >= 15 is 0 Å². The van der Waals surface area contributed by atoms with Crippen LogP contribution in [0.4, 0.5) is 4.39 Å². The Morgan fingerprint density at radius 2 is 1.76 bits per heavy atom. The van der Waals surface area contributed by atoms with Crippen molar-refractivity contribution < 1.29 is 9.18 Å². The second-order valence-corrected chi connectivity index (χ2v) is 5.26. The van der Waals surface area contributed by atoms with Crippen LogP contribution in [0.15, 0.2) is 36.4 Å². The molecule has 0 aromatic heterocycles. The van der Waals surface area contributed by atoms with Crippen molar-refractivity contribution in [3.63, 3.8) is 0 Å². The number of halogens is 1. The van der Waals surface area contributed by atoms with Gasteiger partial charge in [0.2, 0.25) is 0 Å². The Hall–Kier alpha value is -2.47. The van der Waals surface area contributed by atoms with Gasteiger partial charge < -0.3 is 0 Å². The lowest BCUT2D eigenvalue weighted by Crippen LogP contribution is -2.14. The SMILES string of the molecule is Cc1cc(C)c(C(=O)C(C#N)c2cccc(F)c2)c(C)c1. The van der Waals surface area contributed by atoms with Crippen LogP contribution >= 0.6 is 0 Å². The van der Waals surface area contributed by atoms with Crippen LogP contribution in [-0.4, -0.2) is 5.78 Å². The summed E-state index contributed by atoms with van der Waals surface area (Å²) in [6, 6.07) is 11.5. The number of nitrogens with zero attached hydrogens (tertiary/aromatic N) is 1. The largest absolute Gasteiger partial charge is 0.292 e. The minimum atomic E-state index is -0.985. The van der Waals surface area contributed by atoms with Gasteiger partial charge in [-0.15, -0.1) is 0 Å². The first kappa shape index (κ1) is 14.9. The lowest BCUT2D eigenvalue weighted by atomic mass is 9.87. The van der Waals surface area contributed by atoms with Crippen molar-refractivity contribution >= 4 is 5.78 Å². The number of hydrogen-bond acceptors (Lipinski definition) is 2. The average Bonchev–Trinajstić information content (AvgIpc) is 2.38. The van der Waals surface area contributed by atoms with E-state index in [-0.39, 0.29) is 5.78 Å². The summed E-state index contributed by atoms with van der Waals surface area (Å²) in [6.07, 6.45) is 0. The van der Waals surface area contributed by atoms with Gasteiger partial charge >= 0.3 is 0 Å². The predicted octanol–water partition coefficient (Wildman–Crippen LogP) is 4.24. The molecule has 0 radical (unpaired) electrons. The molecule has 3 heteroatoms. The van der Waals surface area contributed by atoms with E-state index in [0.717, 1.165) is 16.7 Å². The maximum atomic E-state index is 13.3. The number of carbonyl (C=O) groups excluding carboxylic acids is 1. The predicted molar refractivity (Wildman–Crippen MR) is 79.7 cm³/mol. The Balaban J connectivity index is 2.50. The maximum absolute atomic E-state index is 13.3. The number of aryl methyl sites for hydroxylation is 3. The van der Waals surface area contributed by atoms with E-state index < -0.39 is 11.7 Å². The molecule has 0 heterocycles. The average molecular weight is 281 g/mol.